The summed E-state index contributed by atoms with van der Waals surface area (Å²) in [5.41, 5.74) is 1.61. The Morgan fingerprint density at radius 3 is 2.10 bits per heavy atom. The number of anilines is 1. The van der Waals surface area contributed by atoms with Gasteiger partial charge in [0.25, 0.3) is 5.91 Å². The van der Waals surface area contributed by atoms with E-state index < -0.39 is 23.2 Å². The van der Waals surface area contributed by atoms with Crippen LogP contribution in [0.5, 0.6) is 0 Å². The van der Waals surface area contributed by atoms with Crippen molar-refractivity contribution in [2.24, 2.45) is 11.3 Å². The zero-order chi connectivity index (χ0) is 30.4. The topological polar surface area (TPSA) is 105 Å². The maximum Gasteiger partial charge on any atom is 0.410 e. The second-order valence-corrected chi connectivity index (χ2v) is 13.9. The van der Waals surface area contributed by atoms with Crippen LogP contribution >= 0.6 is 0 Å². The minimum atomic E-state index is -0.760. The average Bonchev–Trinajstić information content (AvgIpc) is 2.84. The quantitative estimate of drug-likeness (QED) is 0.493. The highest BCUT2D eigenvalue weighted by atomic mass is 16.6. The first-order chi connectivity index (χ1) is 19.6. The molecular weight excluding hydrogens is 534 g/mol. The van der Waals surface area contributed by atoms with Crippen LogP contribution in [0, 0.1) is 11.3 Å². The van der Waals surface area contributed by atoms with Crippen LogP contribution in [0.25, 0.3) is 0 Å². The number of rotatable bonds is 4. The van der Waals surface area contributed by atoms with E-state index in [1.165, 1.54) is 0 Å². The molecule has 0 unspecified atom stereocenters. The van der Waals surface area contributed by atoms with Crippen LogP contribution in [0.3, 0.4) is 0 Å². The van der Waals surface area contributed by atoms with Gasteiger partial charge in [-0.25, -0.2) is 9.59 Å². The molecule has 0 bridgehead atoms. The smallest absolute Gasteiger partial charge is 0.410 e. The van der Waals surface area contributed by atoms with Crippen LogP contribution in [-0.2, 0) is 25.5 Å². The van der Waals surface area contributed by atoms with Gasteiger partial charge in [0.15, 0.2) is 0 Å². The lowest BCUT2D eigenvalue weighted by Crippen LogP contribution is -2.66. The summed E-state index contributed by atoms with van der Waals surface area (Å²) in [6.45, 7) is 12.6. The maximum absolute atomic E-state index is 13.8. The number of nitrogens with zero attached hydrogens (tertiary/aromatic N) is 2. The third kappa shape index (κ3) is 6.30. The van der Waals surface area contributed by atoms with Gasteiger partial charge >= 0.3 is 12.1 Å². The van der Waals surface area contributed by atoms with Crippen molar-refractivity contribution in [2.45, 2.75) is 78.0 Å². The van der Waals surface area contributed by atoms with Crippen LogP contribution in [0.15, 0.2) is 48.5 Å². The average molecular weight is 576 g/mol. The van der Waals surface area contributed by atoms with Crippen LogP contribution in [0.2, 0.25) is 0 Å². The number of hydrogen-bond acceptors (Lipinski definition) is 6. The molecule has 1 saturated heterocycles. The van der Waals surface area contributed by atoms with E-state index in [2.05, 4.69) is 5.32 Å². The van der Waals surface area contributed by atoms with Gasteiger partial charge in [-0.15, -0.1) is 0 Å². The Kier molecular flexibility index (Phi) is 7.58. The lowest BCUT2D eigenvalue weighted by molar-refractivity contribution is -0.157. The standard InChI is InChI=1S/C33H41N3O6/c1-31(2,3)41-29(39)22-11-13-24(14-12-22)34-27(37)26-25-10-8-7-9-21(25)15-16-36(26)28(38)23-17-33(18-23)19-35(20-33)30(40)42-32(4,5)6/h7-14,23,26H,15-20H2,1-6H3,(H,34,37)/t26-/m0/s1. The van der Waals surface area contributed by atoms with Crippen LogP contribution in [0.1, 0.15) is 81.9 Å². The number of nitrogens with one attached hydrogen (secondary N) is 1. The Morgan fingerprint density at radius 2 is 1.48 bits per heavy atom. The fourth-order valence-electron chi connectivity index (χ4n) is 6.20. The van der Waals surface area contributed by atoms with E-state index in [1.54, 1.807) is 34.1 Å². The summed E-state index contributed by atoms with van der Waals surface area (Å²) in [5, 5.41) is 2.96. The summed E-state index contributed by atoms with van der Waals surface area (Å²) in [6, 6.07) is 13.6. The van der Waals surface area contributed by atoms with Gasteiger partial charge in [-0.3, -0.25) is 9.59 Å². The fourth-order valence-corrected chi connectivity index (χ4v) is 6.20. The van der Waals surface area contributed by atoms with E-state index in [4.69, 9.17) is 9.47 Å². The number of ether oxygens (including phenoxy) is 2. The molecule has 224 valence electrons. The molecule has 5 rings (SSSR count). The first kappa shape index (κ1) is 29.6. The maximum atomic E-state index is 13.8. The van der Waals surface area contributed by atoms with Gasteiger partial charge in [-0.2, -0.15) is 0 Å². The summed E-state index contributed by atoms with van der Waals surface area (Å²) in [4.78, 5) is 55.8. The van der Waals surface area contributed by atoms with Gasteiger partial charge in [0.2, 0.25) is 5.91 Å². The minimum absolute atomic E-state index is 0.0220. The second-order valence-electron chi connectivity index (χ2n) is 13.9. The van der Waals surface area contributed by atoms with Crippen molar-refractivity contribution in [3.05, 3.63) is 65.2 Å². The normalized spacial score (nSPS) is 19.7. The molecule has 0 radical (unpaired) electrons. The number of benzene rings is 2. The molecule has 2 heterocycles. The molecule has 9 nitrogen and oxygen atoms in total. The van der Waals surface area contributed by atoms with Crippen LogP contribution < -0.4 is 5.32 Å². The zero-order valence-corrected chi connectivity index (χ0v) is 25.4. The minimum Gasteiger partial charge on any atom is -0.456 e. The number of fused-ring (bicyclic) bond motifs is 1. The molecule has 3 amide bonds. The monoisotopic (exact) mass is 575 g/mol. The Hall–Kier alpha value is -3.88. The highest BCUT2D eigenvalue weighted by Crippen LogP contribution is 2.53. The van der Waals surface area contributed by atoms with Gasteiger partial charge in [-0.1, -0.05) is 24.3 Å². The first-order valence-electron chi connectivity index (χ1n) is 14.6. The first-order valence-corrected chi connectivity index (χ1v) is 14.6. The van der Waals surface area contributed by atoms with Crippen LogP contribution in [-0.4, -0.2) is 64.5 Å². The van der Waals surface area contributed by atoms with E-state index in [-0.39, 0.29) is 29.2 Å². The van der Waals surface area contributed by atoms with Crippen LogP contribution in [0.4, 0.5) is 10.5 Å². The Morgan fingerprint density at radius 1 is 0.857 bits per heavy atom. The van der Waals surface area contributed by atoms with Crippen molar-refractivity contribution >= 4 is 29.6 Å². The Labute approximate surface area is 247 Å². The number of carbonyl (C=O) groups excluding carboxylic acids is 4. The molecule has 1 spiro atoms. The lowest BCUT2D eigenvalue weighted by Gasteiger charge is -2.58. The lowest BCUT2D eigenvalue weighted by atomic mass is 9.57. The van der Waals surface area contributed by atoms with Gasteiger partial charge < -0.3 is 24.6 Å². The van der Waals surface area contributed by atoms with E-state index in [9.17, 15) is 19.2 Å². The summed E-state index contributed by atoms with van der Waals surface area (Å²) in [6.07, 6.45) is 1.76. The molecule has 2 fully saturated rings. The SMILES string of the molecule is CC(C)(C)OC(=O)c1ccc(NC(=O)[C@@H]2c3ccccc3CCN2C(=O)C2CC3(C2)CN(C(=O)OC(C)(C)C)C3)cc1. The van der Waals surface area contributed by atoms with Crippen molar-refractivity contribution < 1.29 is 28.7 Å². The third-order valence-electron chi connectivity index (χ3n) is 8.01. The zero-order valence-electron chi connectivity index (χ0n) is 25.4. The number of hydrogen-bond donors (Lipinski definition) is 1. The summed E-state index contributed by atoms with van der Waals surface area (Å²) in [5.74, 6) is -0.933. The predicted molar refractivity (Wildman–Crippen MR) is 158 cm³/mol. The highest BCUT2D eigenvalue weighted by molar-refractivity contribution is 5.99. The molecule has 42 heavy (non-hydrogen) atoms. The molecule has 3 aliphatic rings. The van der Waals surface area contributed by atoms with E-state index in [0.29, 0.717) is 50.1 Å². The number of esters is 1. The number of amides is 3. The molecule has 1 saturated carbocycles. The summed E-state index contributed by atoms with van der Waals surface area (Å²) in [7, 11) is 0. The molecule has 1 atom stereocenters. The van der Waals surface area contributed by atoms with Gasteiger partial charge in [-0.05, 0) is 96.2 Å². The molecule has 2 aromatic carbocycles. The second kappa shape index (κ2) is 10.7. The summed E-state index contributed by atoms with van der Waals surface area (Å²) < 4.78 is 10.9. The molecule has 1 aliphatic carbocycles. The van der Waals surface area contributed by atoms with Crippen molar-refractivity contribution in [1.82, 2.24) is 9.80 Å². The third-order valence-corrected chi connectivity index (χ3v) is 8.01. The van der Waals surface area contributed by atoms with E-state index in [0.717, 1.165) is 11.1 Å². The highest BCUT2D eigenvalue weighted by Gasteiger charge is 2.57. The van der Waals surface area contributed by atoms with E-state index >= 15 is 0 Å². The van der Waals surface area contributed by atoms with Gasteiger partial charge in [0, 0.05) is 36.7 Å². The number of carbonyl (C=O) groups is 4. The molecule has 9 heteroatoms. The molecule has 2 aromatic rings. The van der Waals surface area contributed by atoms with Crippen molar-refractivity contribution in [2.75, 3.05) is 25.0 Å². The Bertz CT molecular complexity index is 1370. The number of likely N-dealkylation sites (tertiary alicyclic amines) is 1. The fraction of sp³-hybridized carbons (Fsp3) is 0.515. The van der Waals surface area contributed by atoms with Crippen molar-refractivity contribution in [3.8, 4) is 0 Å². The predicted octanol–water partition coefficient (Wildman–Crippen LogP) is 5.35. The van der Waals surface area contributed by atoms with Crippen molar-refractivity contribution in [3.63, 3.8) is 0 Å². The Balaban J connectivity index is 1.25. The van der Waals surface area contributed by atoms with E-state index in [1.807, 2.05) is 65.8 Å². The molecular formula is C33H41N3O6. The summed E-state index contributed by atoms with van der Waals surface area (Å²) >= 11 is 0. The van der Waals surface area contributed by atoms with Crippen molar-refractivity contribution in [1.29, 1.82) is 0 Å². The molecule has 1 N–H and O–H groups in total. The van der Waals surface area contributed by atoms with Gasteiger partial charge in [0.1, 0.15) is 17.2 Å². The molecule has 2 aliphatic heterocycles. The largest absolute Gasteiger partial charge is 0.456 e. The van der Waals surface area contributed by atoms with Gasteiger partial charge in [0.05, 0.1) is 5.56 Å². The molecule has 0 aromatic heterocycles.